The number of aliphatic hydroxyl groups excluding tert-OH is 1. The summed E-state index contributed by atoms with van der Waals surface area (Å²) in [5.41, 5.74) is -3.26. The zero-order valence-corrected chi connectivity index (χ0v) is 12.4. The van der Waals surface area contributed by atoms with E-state index in [1.165, 1.54) is 6.07 Å². The molecule has 1 aromatic rings. The van der Waals surface area contributed by atoms with Crippen molar-refractivity contribution in [3.8, 4) is 6.07 Å². The number of anilines is 1. The van der Waals surface area contributed by atoms with Gasteiger partial charge in [0.15, 0.2) is 6.10 Å². The highest BCUT2D eigenvalue weighted by atomic mass is 19.4. The molecule has 5 nitrogen and oxygen atoms in total. The monoisotopic (exact) mass is 368 g/mol. The zero-order chi connectivity index (χ0) is 19.2. The molecule has 2 atom stereocenters. The number of rotatable bonds is 2. The van der Waals surface area contributed by atoms with Gasteiger partial charge in [0, 0.05) is 0 Å². The lowest BCUT2D eigenvalue weighted by atomic mass is 9.98. The summed E-state index contributed by atoms with van der Waals surface area (Å²) in [4.78, 5) is 12.1. The van der Waals surface area contributed by atoms with Gasteiger partial charge >= 0.3 is 18.4 Å². The first-order valence-corrected chi connectivity index (χ1v) is 6.71. The van der Waals surface area contributed by atoms with Gasteiger partial charge in [0.25, 0.3) is 0 Å². The van der Waals surface area contributed by atoms with Crippen LogP contribution in [0.5, 0.6) is 0 Å². The number of aliphatic hydroxyl groups is 1. The fourth-order valence-electron chi connectivity index (χ4n) is 2.58. The highest BCUT2D eigenvalue weighted by Crippen LogP contribution is 2.40. The first-order chi connectivity index (χ1) is 11.4. The maximum Gasteiger partial charge on any atom is 0.418 e. The number of halogens is 6. The molecule has 2 rings (SSSR count). The molecular formula is C14H10F6N2O3. The Kier molecular flexibility index (Phi) is 4.61. The number of alkyl halides is 6. The molecule has 25 heavy (non-hydrogen) atoms. The molecule has 0 aliphatic carbocycles. The number of amides is 1. The van der Waals surface area contributed by atoms with Gasteiger partial charge in [0.1, 0.15) is 12.6 Å². The Morgan fingerprint density at radius 1 is 1.32 bits per heavy atom. The van der Waals surface area contributed by atoms with Crippen molar-refractivity contribution in [3.63, 3.8) is 0 Å². The molecule has 1 amide bonds. The summed E-state index contributed by atoms with van der Waals surface area (Å²) in [6.45, 7) is 0.0714. The topological polar surface area (TPSA) is 73.6 Å². The molecule has 1 heterocycles. The number of nitriles is 1. The van der Waals surface area contributed by atoms with E-state index < -0.39 is 59.6 Å². The Balaban J connectivity index is 2.60. The zero-order valence-electron chi connectivity index (χ0n) is 12.4. The third-order valence-corrected chi connectivity index (χ3v) is 3.71. The van der Waals surface area contributed by atoms with Crippen molar-refractivity contribution in [1.29, 1.82) is 5.26 Å². The molecule has 1 saturated heterocycles. The number of carbonyl (C=O) groups excluding carboxylic acids is 1. The summed E-state index contributed by atoms with van der Waals surface area (Å²) in [7, 11) is 0. The molecule has 11 heteroatoms. The van der Waals surface area contributed by atoms with Gasteiger partial charge in [-0.3, -0.25) is 4.90 Å². The third kappa shape index (κ3) is 3.34. The first-order valence-electron chi connectivity index (χ1n) is 6.71. The van der Waals surface area contributed by atoms with E-state index >= 15 is 0 Å². The molecule has 1 unspecified atom stereocenters. The summed E-state index contributed by atoms with van der Waals surface area (Å²) < 4.78 is 82.3. The lowest BCUT2D eigenvalue weighted by Crippen LogP contribution is -2.49. The van der Waals surface area contributed by atoms with E-state index in [0.29, 0.717) is 4.90 Å². The Morgan fingerprint density at radius 2 is 1.92 bits per heavy atom. The maximum atomic E-state index is 13.2. The van der Waals surface area contributed by atoms with E-state index in [-0.39, 0.29) is 0 Å². The molecule has 136 valence electrons. The summed E-state index contributed by atoms with van der Waals surface area (Å²) in [5.74, 6) is 0. The molecule has 0 saturated carbocycles. The van der Waals surface area contributed by atoms with Gasteiger partial charge < -0.3 is 9.84 Å². The van der Waals surface area contributed by atoms with Crippen LogP contribution >= 0.6 is 0 Å². The standard InChI is InChI=1S/C14H10F6N2O3/c1-6-8(3-2-7(4-21)10(6)13(15,16)17)22-9(5-25-12(22)24)11(23)14(18,19)20/h2-3,9,11,23H,5H2,1H3/t9?,11-/m0/s1. The Morgan fingerprint density at radius 3 is 2.40 bits per heavy atom. The molecule has 1 fully saturated rings. The van der Waals surface area contributed by atoms with Crippen molar-refractivity contribution >= 4 is 11.8 Å². The van der Waals surface area contributed by atoms with Crippen molar-refractivity contribution in [2.45, 2.75) is 31.4 Å². The van der Waals surface area contributed by atoms with Gasteiger partial charge in [-0.15, -0.1) is 0 Å². The predicted octanol–water partition coefficient (Wildman–Crippen LogP) is 3.13. The van der Waals surface area contributed by atoms with Crippen molar-refractivity contribution in [3.05, 3.63) is 28.8 Å². The van der Waals surface area contributed by atoms with Gasteiger partial charge in [-0.2, -0.15) is 31.6 Å². The SMILES string of the molecule is Cc1c(N2C(=O)OCC2[C@H](O)C(F)(F)F)ccc(C#N)c1C(F)(F)F. The van der Waals surface area contributed by atoms with Crippen LogP contribution in [-0.4, -0.2) is 36.1 Å². The minimum atomic E-state index is -5.11. The molecule has 1 aliphatic rings. The average molecular weight is 368 g/mol. The predicted molar refractivity (Wildman–Crippen MR) is 70.6 cm³/mol. The van der Waals surface area contributed by atoms with Crippen LogP contribution in [0.15, 0.2) is 12.1 Å². The van der Waals surface area contributed by atoms with E-state index in [9.17, 15) is 36.2 Å². The third-order valence-electron chi connectivity index (χ3n) is 3.71. The summed E-state index contributed by atoms with van der Waals surface area (Å²) in [5, 5.41) is 18.2. The molecule has 0 radical (unpaired) electrons. The smallest absolute Gasteiger partial charge is 0.418 e. The minimum absolute atomic E-state index is 0.323. The van der Waals surface area contributed by atoms with E-state index in [1.807, 2.05) is 0 Å². The second-order valence-electron chi connectivity index (χ2n) is 5.24. The lowest BCUT2D eigenvalue weighted by Gasteiger charge is -2.29. The van der Waals surface area contributed by atoms with Crippen LogP contribution in [0.3, 0.4) is 0 Å². The van der Waals surface area contributed by atoms with E-state index in [2.05, 4.69) is 4.74 Å². The molecule has 1 aliphatic heterocycles. The number of ether oxygens (including phenoxy) is 1. The normalized spacial score (nSPS) is 19.6. The van der Waals surface area contributed by atoms with Gasteiger partial charge in [-0.25, -0.2) is 4.79 Å². The fraction of sp³-hybridized carbons (Fsp3) is 0.429. The lowest BCUT2D eigenvalue weighted by molar-refractivity contribution is -0.209. The van der Waals surface area contributed by atoms with Gasteiger partial charge in [0.2, 0.25) is 0 Å². The molecule has 0 bridgehead atoms. The number of cyclic esters (lactones) is 1. The van der Waals surface area contributed by atoms with Crippen LogP contribution in [0.2, 0.25) is 0 Å². The van der Waals surface area contributed by atoms with Crippen LogP contribution < -0.4 is 4.90 Å². The van der Waals surface area contributed by atoms with Gasteiger partial charge in [-0.05, 0) is 24.6 Å². The number of nitrogens with zero attached hydrogens (tertiary/aromatic N) is 2. The maximum absolute atomic E-state index is 13.2. The van der Waals surface area contributed by atoms with Crippen LogP contribution in [0.4, 0.5) is 36.8 Å². The summed E-state index contributed by atoms with van der Waals surface area (Å²) in [6, 6.07) is 1.05. The Bertz CT molecular complexity index is 738. The molecular weight excluding hydrogens is 358 g/mol. The summed E-state index contributed by atoms with van der Waals surface area (Å²) >= 11 is 0. The molecule has 1 aromatic carbocycles. The minimum Gasteiger partial charge on any atom is -0.447 e. The number of hydrogen-bond acceptors (Lipinski definition) is 4. The van der Waals surface area contributed by atoms with Crippen LogP contribution in [0.25, 0.3) is 0 Å². The largest absolute Gasteiger partial charge is 0.447 e. The Labute approximate surface area is 137 Å². The quantitative estimate of drug-likeness (QED) is 0.814. The van der Waals surface area contributed by atoms with Gasteiger partial charge in [0.05, 0.1) is 22.9 Å². The number of carbonyl (C=O) groups is 1. The second-order valence-corrected chi connectivity index (χ2v) is 5.24. The molecule has 0 spiro atoms. The number of benzene rings is 1. The number of hydrogen-bond donors (Lipinski definition) is 1. The van der Waals surface area contributed by atoms with Crippen LogP contribution in [-0.2, 0) is 10.9 Å². The first kappa shape index (κ1) is 18.9. The Hall–Kier alpha value is -2.48. The average Bonchev–Trinajstić information content (AvgIpc) is 2.85. The van der Waals surface area contributed by atoms with Crippen molar-refractivity contribution in [1.82, 2.24) is 0 Å². The van der Waals surface area contributed by atoms with Crippen molar-refractivity contribution in [2.24, 2.45) is 0 Å². The molecule has 1 N–H and O–H groups in total. The highest BCUT2D eigenvalue weighted by molar-refractivity contribution is 5.92. The van der Waals surface area contributed by atoms with Crippen molar-refractivity contribution < 1.29 is 41.0 Å². The molecule has 0 aromatic heterocycles. The van der Waals surface area contributed by atoms with E-state index in [0.717, 1.165) is 19.1 Å². The van der Waals surface area contributed by atoms with Crippen molar-refractivity contribution in [2.75, 3.05) is 11.5 Å². The highest BCUT2D eigenvalue weighted by Gasteiger charge is 2.51. The van der Waals surface area contributed by atoms with Gasteiger partial charge in [-0.1, -0.05) is 0 Å². The second kappa shape index (κ2) is 6.11. The van der Waals surface area contributed by atoms with E-state index in [1.54, 1.807) is 0 Å². The van der Waals surface area contributed by atoms with Crippen LogP contribution in [0, 0.1) is 18.3 Å². The van der Waals surface area contributed by atoms with Crippen LogP contribution in [0.1, 0.15) is 16.7 Å². The van der Waals surface area contributed by atoms with E-state index in [4.69, 9.17) is 5.26 Å². The fourth-order valence-corrected chi connectivity index (χ4v) is 2.58. The summed E-state index contributed by atoms with van der Waals surface area (Å²) in [6.07, 6.45) is -14.4.